The molecule has 8 nitrogen and oxygen atoms in total. The third-order valence-electron chi connectivity index (χ3n) is 7.86. The predicted octanol–water partition coefficient (Wildman–Crippen LogP) is 5.54. The highest BCUT2D eigenvalue weighted by molar-refractivity contribution is 5.94. The zero-order valence-electron chi connectivity index (χ0n) is 25.9. The maximum Gasteiger partial charge on any atom is 0.251 e. The lowest BCUT2D eigenvalue weighted by atomic mass is 9.91. The van der Waals surface area contributed by atoms with Gasteiger partial charge in [0.25, 0.3) is 5.91 Å². The van der Waals surface area contributed by atoms with Gasteiger partial charge in [-0.2, -0.15) is 5.26 Å². The van der Waals surface area contributed by atoms with Crippen molar-refractivity contribution in [2.45, 2.75) is 59.3 Å². The van der Waals surface area contributed by atoms with Gasteiger partial charge in [-0.3, -0.25) is 14.5 Å². The van der Waals surface area contributed by atoms with Crippen LogP contribution < -0.4 is 14.8 Å². The van der Waals surface area contributed by atoms with Crippen LogP contribution in [-0.4, -0.2) is 55.0 Å². The molecule has 0 atom stereocenters. The van der Waals surface area contributed by atoms with Gasteiger partial charge in [0.15, 0.2) is 11.5 Å². The van der Waals surface area contributed by atoms with Gasteiger partial charge in [0.05, 0.1) is 25.9 Å². The van der Waals surface area contributed by atoms with E-state index in [1.165, 1.54) is 5.56 Å². The van der Waals surface area contributed by atoms with E-state index in [-0.39, 0.29) is 17.9 Å². The van der Waals surface area contributed by atoms with E-state index in [1.807, 2.05) is 92.4 Å². The second-order valence-corrected chi connectivity index (χ2v) is 12.1. The monoisotopic (exact) mass is 582 g/mol. The fourth-order valence-electron chi connectivity index (χ4n) is 5.36. The number of piperidine rings is 1. The van der Waals surface area contributed by atoms with E-state index in [1.54, 1.807) is 14.2 Å². The molecule has 0 aliphatic carbocycles. The van der Waals surface area contributed by atoms with Crippen LogP contribution in [0.15, 0.2) is 66.7 Å². The van der Waals surface area contributed by atoms with Crippen LogP contribution >= 0.6 is 0 Å². The van der Waals surface area contributed by atoms with Crippen molar-refractivity contribution < 1.29 is 19.1 Å². The number of benzene rings is 3. The van der Waals surface area contributed by atoms with E-state index >= 15 is 0 Å². The first-order chi connectivity index (χ1) is 20.6. The number of amides is 2. The van der Waals surface area contributed by atoms with Crippen molar-refractivity contribution in [2.24, 2.45) is 5.41 Å². The van der Waals surface area contributed by atoms with Gasteiger partial charge in [0.1, 0.15) is 0 Å². The van der Waals surface area contributed by atoms with E-state index in [0.717, 1.165) is 43.6 Å². The molecule has 3 aromatic rings. The zero-order chi connectivity index (χ0) is 31.0. The Morgan fingerprint density at radius 2 is 1.51 bits per heavy atom. The molecule has 0 bridgehead atoms. The van der Waals surface area contributed by atoms with Crippen molar-refractivity contribution in [3.05, 3.63) is 94.5 Å². The normalized spacial score (nSPS) is 14.0. The minimum Gasteiger partial charge on any atom is -0.493 e. The summed E-state index contributed by atoms with van der Waals surface area (Å²) in [6.07, 6.45) is 1.80. The Balaban J connectivity index is 1.36. The maximum absolute atomic E-state index is 13.6. The van der Waals surface area contributed by atoms with Crippen LogP contribution in [0.2, 0.25) is 0 Å². The topological polar surface area (TPSA) is 94.9 Å². The summed E-state index contributed by atoms with van der Waals surface area (Å²) in [4.78, 5) is 30.9. The van der Waals surface area contributed by atoms with Crippen molar-refractivity contribution in [3.8, 4) is 17.6 Å². The molecule has 2 amide bonds. The van der Waals surface area contributed by atoms with Gasteiger partial charge >= 0.3 is 0 Å². The number of carbonyl (C=O) groups is 2. The molecule has 1 saturated heterocycles. The molecule has 8 heteroatoms. The summed E-state index contributed by atoms with van der Waals surface area (Å²) in [7, 11) is 3.17. The van der Waals surface area contributed by atoms with Gasteiger partial charge in [0.2, 0.25) is 5.91 Å². The molecule has 0 aromatic heterocycles. The number of methoxy groups -OCH3 is 2. The number of likely N-dealkylation sites (tertiary alicyclic amines) is 1. The Bertz CT molecular complexity index is 1430. The lowest BCUT2D eigenvalue weighted by molar-refractivity contribution is -0.143. The summed E-state index contributed by atoms with van der Waals surface area (Å²) in [5.74, 6) is 1.22. The Morgan fingerprint density at radius 3 is 2.09 bits per heavy atom. The number of nitriles is 1. The van der Waals surface area contributed by atoms with Crippen LogP contribution in [0.5, 0.6) is 11.5 Å². The Morgan fingerprint density at radius 1 is 0.907 bits per heavy atom. The zero-order valence-corrected chi connectivity index (χ0v) is 25.9. The second-order valence-electron chi connectivity index (χ2n) is 12.1. The molecule has 4 rings (SSSR count). The highest BCUT2D eigenvalue weighted by Crippen LogP contribution is 2.28. The number of rotatable bonds is 10. The fourth-order valence-corrected chi connectivity index (χ4v) is 5.36. The van der Waals surface area contributed by atoms with Gasteiger partial charge in [0, 0.05) is 49.7 Å². The molecule has 1 aliphatic rings. The van der Waals surface area contributed by atoms with Crippen molar-refractivity contribution in [1.82, 2.24) is 15.1 Å². The van der Waals surface area contributed by atoms with E-state index in [9.17, 15) is 9.59 Å². The standard InChI is InChI=1S/C35H42N4O4/c1-35(2,3)34(41)39(30-16-18-38(19-17-30)23-26-8-6-25(21-36)7-9-26)24-27-10-13-29(14-11-27)33(40)37-22-28-12-15-31(42-4)32(20-28)43-5/h6-15,20,30H,16-19,22-24H2,1-5H3,(H,37,40). The molecule has 1 N–H and O–H groups in total. The van der Waals surface area contributed by atoms with E-state index < -0.39 is 5.41 Å². The lowest BCUT2D eigenvalue weighted by Crippen LogP contribution is -2.50. The number of nitrogens with zero attached hydrogens (tertiary/aromatic N) is 3. The van der Waals surface area contributed by atoms with Gasteiger partial charge in [-0.25, -0.2) is 0 Å². The summed E-state index contributed by atoms with van der Waals surface area (Å²) >= 11 is 0. The van der Waals surface area contributed by atoms with Crippen molar-refractivity contribution in [1.29, 1.82) is 5.26 Å². The van der Waals surface area contributed by atoms with Crippen molar-refractivity contribution in [3.63, 3.8) is 0 Å². The SMILES string of the molecule is COc1ccc(CNC(=O)c2ccc(CN(C(=O)C(C)(C)C)C3CCN(Cc4ccc(C#N)cc4)CC3)cc2)cc1OC. The average molecular weight is 583 g/mol. The molecule has 0 spiro atoms. The summed E-state index contributed by atoms with van der Waals surface area (Å²) in [5.41, 5.74) is 3.82. The van der Waals surface area contributed by atoms with Crippen LogP contribution in [0, 0.1) is 16.7 Å². The van der Waals surface area contributed by atoms with Crippen molar-refractivity contribution in [2.75, 3.05) is 27.3 Å². The Kier molecular flexibility index (Phi) is 10.4. The summed E-state index contributed by atoms with van der Waals surface area (Å²) in [6.45, 7) is 9.40. The first-order valence-corrected chi connectivity index (χ1v) is 14.7. The molecule has 3 aromatic carbocycles. The number of ether oxygens (including phenoxy) is 2. The van der Waals surface area contributed by atoms with Crippen LogP contribution in [0.25, 0.3) is 0 Å². The molecule has 0 saturated carbocycles. The largest absolute Gasteiger partial charge is 0.493 e. The molecular formula is C35H42N4O4. The van der Waals surface area contributed by atoms with Gasteiger partial charge < -0.3 is 19.7 Å². The maximum atomic E-state index is 13.6. The quantitative estimate of drug-likeness (QED) is 0.337. The molecule has 0 radical (unpaired) electrons. The van der Waals surface area contributed by atoms with Crippen molar-refractivity contribution >= 4 is 11.8 Å². The molecule has 43 heavy (non-hydrogen) atoms. The van der Waals surface area contributed by atoms with Crippen LogP contribution in [0.3, 0.4) is 0 Å². The first-order valence-electron chi connectivity index (χ1n) is 14.7. The number of carbonyl (C=O) groups excluding carboxylic acids is 2. The molecule has 1 heterocycles. The highest BCUT2D eigenvalue weighted by Gasteiger charge is 2.34. The number of nitrogens with one attached hydrogen (secondary N) is 1. The molecular weight excluding hydrogens is 540 g/mol. The average Bonchev–Trinajstić information content (AvgIpc) is 3.02. The molecule has 1 fully saturated rings. The third-order valence-corrected chi connectivity index (χ3v) is 7.86. The predicted molar refractivity (Wildman–Crippen MR) is 167 cm³/mol. The lowest BCUT2D eigenvalue weighted by Gasteiger charge is -2.41. The third kappa shape index (κ3) is 8.36. The van der Waals surface area contributed by atoms with E-state index in [0.29, 0.717) is 35.7 Å². The summed E-state index contributed by atoms with van der Waals surface area (Å²) < 4.78 is 10.6. The van der Waals surface area contributed by atoms with Gasteiger partial charge in [-0.1, -0.05) is 51.1 Å². The molecule has 0 unspecified atom stereocenters. The van der Waals surface area contributed by atoms with Gasteiger partial charge in [-0.05, 0) is 65.9 Å². The number of hydrogen-bond donors (Lipinski definition) is 1. The minimum absolute atomic E-state index is 0.134. The van der Waals surface area contributed by atoms with Gasteiger partial charge in [-0.15, -0.1) is 0 Å². The highest BCUT2D eigenvalue weighted by atomic mass is 16.5. The Hall–Kier alpha value is -4.35. The van der Waals surface area contributed by atoms with Crippen LogP contribution in [0.1, 0.15) is 66.2 Å². The number of hydrogen-bond acceptors (Lipinski definition) is 6. The van der Waals surface area contributed by atoms with Crippen LogP contribution in [-0.2, 0) is 24.4 Å². The van der Waals surface area contributed by atoms with Crippen LogP contribution in [0.4, 0.5) is 0 Å². The summed E-state index contributed by atoms with van der Waals surface area (Å²) in [6, 6.07) is 23.1. The minimum atomic E-state index is -0.496. The van der Waals surface area contributed by atoms with E-state index in [2.05, 4.69) is 16.3 Å². The molecule has 1 aliphatic heterocycles. The summed E-state index contributed by atoms with van der Waals surface area (Å²) in [5, 5.41) is 12.0. The second kappa shape index (κ2) is 14.2. The first kappa shape index (κ1) is 31.6. The Labute approximate surface area is 255 Å². The molecule has 226 valence electrons. The fraction of sp³-hybridized carbons (Fsp3) is 0.400. The smallest absolute Gasteiger partial charge is 0.251 e. The van der Waals surface area contributed by atoms with E-state index in [4.69, 9.17) is 14.7 Å².